The summed E-state index contributed by atoms with van der Waals surface area (Å²) in [5, 5.41) is 0.750. The zero-order valence-electron chi connectivity index (χ0n) is 15.4. The molecule has 1 atom stereocenters. The molecule has 0 saturated carbocycles. The van der Waals surface area contributed by atoms with Crippen LogP contribution in [0.2, 0.25) is 0 Å². The van der Waals surface area contributed by atoms with E-state index in [-0.39, 0.29) is 5.91 Å². The van der Waals surface area contributed by atoms with Crippen molar-refractivity contribution in [3.8, 4) is 0 Å². The van der Waals surface area contributed by atoms with E-state index in [1.54, 1.807) is 0 Å². The molecule has 1 aliphatic heterocycles. The van der Waals surface area contributed by atoms with E-state index in [1.165, 1.54) is 4.90 Å². The Morgan fingerprint density at radius 1 is 1.26 bits per heavy atom. The average molecular weight is 366 g/mol. The van der Waals surface area contributed by atoms with E-state index in [2.05, 4.69) is 6.92 Å². The van der Waals surface area contributed by atoms with Gasteiger partial charge in [0.05, 0.1) is 11.1 Å². The SMILES string of the molecule is CC1CCc2nc3ccccc3c(C(=O)OCC(=O)N3CCCC3=O)c2C1. The molecule has 1 aromatic carbocycles. The van der Waals surface area contributed by atoms with Crippen LogP contribution in [0.25, 0.3) is 10.9 Å². The molecule has 1 aromatic heterocycles. The maximum Gasteiger partial charge on any atom is 0.339 e. The van der Waals surface area contributed by atoms with E-state index in [1.807, 2.05) is 24.3 Å². The van der Waals surface area contributed by atoms with Gasteiger partial charge in [-0.25, -0.2) is 4.79 Å². The summed E-state index contributed by atoms with van der Waals surface area (Å²) in [6.07, 6.45) is 3.69. The van der Waals surface area contributed by atoms with Gasteiger partial charge in [-0.15, -0.1) is 0 Å². The molecule has 27 heavy (non-hydrogen) atoms. The monoisotopic (exact) mass is 366 g/mol. The van der Waals surface area contributed by atoms with Crippen LogP contribution in [-0.4, -0.2) is 40.8 Å². The summed E-state index contributed by atoms with van der Waals surface area (Å²) in [5.74, 6) is -0.696. The molecule has 0 spiro atoms. The third-order valence-corrected chi connectivity index (χ3v) is 5.41. The Morgan fingerprint density at radius 2 is 2.07 bits per heavy atom. The summed E-state index contributed by atoms with van der Waals surface area (Å²) >= 11 is 0. The number of amides is 2. The van der Waals surface area contributed by atoms with Gasteiger partial charge in [0.1, 0.15) is 0 Å². The van der Waals surface area contributed by atoms with Crippen molar-refractivity contribution < 1.29 is 19.1 Å². The van der Waals surface area contributed by atoms with Gasteiger partial charge in [-0.1, -0.05) is 25.1 Å². The molecule has 140 valence electrons. The number of ether oxygens (including phenoxy) is 1. The summed E-state index contributed by atoms with van der Waals surface area (Å²) in [4.78, 5) is 42.7. The van der Waals surface area contributed by atoms with Gasteiger partial charge < -0.3 is 4.74 Å². The maximum atomic E-state index is 12.9. The molecule has 1 fully saturated rings. The van der Waals surface area contributed by atoms with Crippen LogP contribution in [0.5, 0.6) is 0 Å². The maximum absolute atomic E-state index is 12.9. The van der Waals surface area contributed by atoms with E-state index < -0.39 is 18.5 Å². The second-order valence-corrected chi connectivity index (χ2v) is 7.40. The number of imide groups is 1. The van der Waals surface area contributed by atoms with Crippen molar-refractivity contribution in [1.29, 1.82) is 0 Å². The number of likely N-dealkylation sites (tertiary alicyclic amines) is 1. The normalized spacial score (nSPS) is 19.2. The predicted octanol–water partition coefficient (Wildman–Crippen LogP) is 2.67. The third-order valence-electron chi connectivity index (χ3n) is 5.41. The number of esters is 1. The summed E-state index contributed by atoms with van der Waals surface area (Å²) in [6, 6.07) is 7.51. The second kappa shape index (κ2) is 7.10. The van der Waals surface area contributed by atoms with Crippen LogP contribution < -0.4 is 0 Å². The Kier molecular flexibility index (Phi) is 4.64. The number of rotatable bonds is 3. The Labute approximate surface area is 157 Å². The molecule has 1 aliphatic carbocycles. The second-order valence-electron chi connectivity index (χ2n) is 7.40. The van der Waals surface area contributed by atoms with Crippen molar-refractivity contribution in [2.45, 2.75) is 39.0 Å². The lowest BCUT2D eigenvalue weighted by atomic mass is 9.84. The van der Waals surface area contributed by atoms with E-state index >= 15 is 0 Å². The van der Waals surface area contributed by atoms with Crippen molar-refractivity contribution in [3.63, 3.8) is 0 Å². The fourth-order valence-corrected chi connectivity index (χ4v) is 3.98. The van der Waals surface area contributed by atoms with E-state index in [9.17, 15) is 14.4 Å². The topological polar surface area (TPSA) is 76.6 Å². The van der Waals surface area contributed by atoms with Gasteiger partial charge in [-0.3, -0.25) is 19.5 Å². The first-order valence-electron chi connectivity index (χ1n) is 9.45. The van der Waals surface area contributed by atoms with E-state index in [0.717, 1.165) is 41.4 Å². The fourth-order valence-electron chi connectivity index (χ4n) is 3.98. The molecule has 6 heteroatoms. The van der Waals surface area contributed by atoms with Crippen LogP contribution in [0.15, 0.2) is 24.3 Å². The van der Waals surface area contributed by atoms with Gasteiger partial charge in [0, 0.05) is 24.0 Å². The molecule has 0 bridgehead atoms. The van der Waals surface area contributed by atoms with E-state index in [4.69, 9.17) is 9.72 Å². The number of aryl methyl sites for hydroxylation is 1. The number of para-hydroxylation sites is 1. The van der Waals surface area contributed by atoms with Crippen molar-refractivity contribution in [2.75, 3.05) is 13.2 Å². The zero-order chi connectivity index (χ0) is 19.0. The standard InChI is InChI=1S/C21H22N2O4/c1-13-8-9-17-15(11-13)20(14-5-2-3-6-16(14)22-17)21(26)27-12-19(25)23-10-4-7-18(23)24/h2-3,5-6,13H,4,7-12H2,1H3. The summed E-state index contributed by atoms with van der Waals surface area (Å²) in [5.41, 5.74) is 3.16. The molecule has 0 radical (unpaired) electrons. The first-order valence-corrected chi connectivity index (χ1v) is 9.45. The Balaban J connectivity index is 1.63. The number of pyridine rings is 1. The van der Waals surface area contributed by atoms with Crippen molar-refractivity contribution in [1.82, 2.24) is 9.88 Å². The average Bonchev–Trinajstić information content (AvgIpc) is 3.10. The number of carbonyl (C=O) groups excluding carboxylic acids is 3. The summed E-state index contributed by atoms with van der Waals surface area (Å²) in [6.45, 7) is 2.15. The largest absolute Gasteiger partial charge is 0.452 e. The quantitative estimate of drug-likeness (QED) is 0.781. The van der Waals surface area contributed by atoms with Gasteiger partial charge in [0.25, 0.3) is 5.91 Å². The number of fused-ring (bicyclic) bond motifs is 2. The summed E-state index contributed by atoms with van der Waals surface area (Å²) in [7, 11) is 0. The van der Waals surface area contributed by atoms with Crippen molar-refractivity contribution in [3.05, 3.63) is 41.1 Å². The molecule has 2 heterocycles. The Bertz CT molecular complexity index is 937. The van der Waals surface area contributed by atoms with Gasteiger partial charge in [0.2, 0.25) is 5.91 Å². The highest BCUT2D eigenvalue weighted by Crippen LogP contribution is 2.32. The zero-order valence-corrected chi connectivity index (χ0v) is 15.4. The lowest BCUT2D eigenvalue weighted by molar-refractivity contribution is -0.143. The molecule has 0 N–H and O–H groups in total. The molecule has 2 aliphatic rings. The predicted molar refractivity (Wildman–Crippen MR) is 99.2 cm³/mol. The first-order chi connectivity index (χ1) is 13.0. The number of hydrogen-bond acceptors (Lipinski definition) is 5. The van der Waals surface area contributed by atoms with Gasteiger partial charge in [-0.05, 0) is 43.2 Å². The first kappa shape index (κ1) is 17.6. The van der Waals surface area contributed by atoms with Crippen LogP contribution in [0.1, 0.15) is 47.8 Å². The highest BCUT2D eigenvalue weighted by Gasteiger charge is 2.29. The minimum Gasteiger partial charge on any atom is -0.452 e. The van der Waals surface area contributed by atoms with Crippen LogP contribution in [0.3, 0.4) is 0 Å². The highest BCUT2D eigenvalue weighted by molar-refractivity contribution is 6.06. The Morgan fingerprint density at radius 3 is 2.85 bits per heavy atom. The number of hydrogen-bond donors (Lipinski definition) is 0. The number of carbonyl (C=O) groups is 3. The number of aromatic nitrogens is 1. The van der Waals surface area contributed by atoms with Crippen LogP contribution >= 0.6 is 0 Å². The lowest BCUT2D eigenvalue weighted by Gasteiger charge is -2.24. The van der Waals surface area contributed by atoms with Crippen LogP contribution in [0, 0.1) is 5.92 Å². The number of benzene rings is 1. The molecular weight excluding hydrogens is 344 g/mol. The molecule has 6 nitrogen and oxygen atoms in total. The molecule has 4 rings (SSSR count). The Hall–Kier alpha value is -2.76. The van der Waals surface area contributed by atoms with Crippen LogP contribution in [0.4, 0.5) is 0 Å². The number of nitrogens with zero attached hydrogens (tertiary/aromatic N) is 2. The van der Waals surface area contributed by atoms with Gasteiger partial charge in [0.15, 0.2) is 6.61 Å². The summed E-state index contributed by atoms with van der Waals surface area (Å²) < 4.78 is 5.35. The minimum absolute atomic E-state index is 0.198. The van der Waals surface area contributed by atoms with Gasteiger partial charge >= 0.3 is 5.97 Å². The smallest absolute Gasteiger partial charge is 0.339 e. The molecule has 1 unspecified atom stereocenters. The van der Waals surface area contributed by atoms with Crippen molar-refractivity contribution >= 4 is 28.7 Å². The van der Waals surface area contributed by atoms with E-state index in [0.29, 0.717) is 30.9 Å². The molecular formula is C21H22N2O4. The van der Waals surface area contributed by atoms with Crippen LogP contribution in [-0.2, 0) is 27.2 Å². The highest BCUT2D eigenvalue weighted by atomic mass is 16.5. The van der Waals surface area contributed by atoms with Gasteiger partial charge in [-0.2, -0.15) is 0 Å². The lowest BCUT2D eigenvalue weighted by Crippen LogP contribution is -2.35. The fraction of sp³-hybridized carbons (Fsp3) is 0.429. The molecule has 2 aromatic rings. The molecule has 2 amide bonds. The van der Waals surface area contributed by atoms with Crippen molar-refractivity contribution in [2.24, 2.45) is 5.92 Å². The third kappa shape index (κ3) is 3.31. The molecule has 1 saturated heterocycles. The minimum atomic E-state index is -0.515.